The third kappa shape index (κ3) is 2.03. The highest BCUT2D eigenvalue weighted by atomic mass is 15.2. The van der Waals surface area contributed by atoms with E-state index >= 15 is 0 Å². The van der Waals surface area contributed by atoms with Crippen LogP contribution in [-0.4, -0.2) is 14.5 Å². The number of hydrogen-bond donors (Lipinski definition) is 1. The molecule has 0 saturated heterocycles. The quantitative estimate of drug-likeness (QED) is 0.793. The first kappa shape index (κ1) is 12.7. The second-order valence-electron chi connectivity index (χ2n) is 4.96. The summed E-state index contributed by atoms with van der Waals surface area (Å²) in [6.07, 6.45) is 2.80. The van der Waals surface area contributed by atoms with Crippen molar-refractivity contribution < 1.29 is 0 Å². The molecule has 1 aromatic carbocycles. The molecule has 20 heavy (non-hydrogen) atoms. The molecule has 102 valence electrons. The van der Waals surface area contributed by atoms with Crippen molar-refractivity contribution in [3.05, 3.63) is 53.3 Å². The van der Waals surface area contributed by atoms with Gasteiger partial charge in [0.1, 0.15) is 0 Å². The minimum atomic E-state index is 0.544. The molecule has 0 unspecified atom stereocenters. The normalized spacial score (nSPS) is 11.1. The van der Waals surface area contributed by atoms with Gasteiger partial charge in [-0.1, -0.05) is 25.1 Å². The van der Waals surface area contributed by atoms with E-state index in [9.17, 15) is 0 Å². The van der Waals surface area contributed by atoms with Crippen LogP contribution in [0.1, 0.15) is 23.7 Å². The van der Waals surface area contributed by atoms with E-state index in [0.29, 0.717) is 12.5 Å². The molecule has 0 bridgehead atoms. The van der Waals surface area contributed by atoms with Crippen molar-refractivity contribution in [2.45, 2.75) is 26.8 Å². The Hall–Kier alpha value is -2.36. The Bertz CT molecular complexity index is 758. The number of aryl methyl sites for hydroxylation is 2. The zero-order valence-electron chi connectivity index (χ0n) is 11.8. The van der Waals surface area contributed by atoms with Gasteiger partial charge in [-0.3, -0.25) is 4.98 Å². The van der Waals surface area contributed by atoms with Gasteiger partial charge in [0.05, 0.1) is 23.3 Å². The molecule has 2 N–H and O–H groups in total. The Kier molecular flexibility index (Phi) is 3.14. The van der Waals surface area contributed by atoms with Gasteiger partial charge in [-0.05, 0) is 36.6 Å². The number of aromatic nitrogens is 3. The lowest BCUT2D eigenvalue weighted by Gasteiger charge is -2.09. The summed E-state index contributed by atoms with van der Waals surface area (Å²) in [5.74, 6) is 0.544. The molecule has 0 saturated carbocycles. The largest absolute Gasteiger partial charge is 0.369 e. The average Bonchev–Trinajstić information content (AvgIpc) is 2.78. The number of nitrogens with two attached hydrogens (primary N) is 1. The number of fused-ring (bicyclic) bond motifs is 1. The maximum absolute atomic E-state index is 6.09. The minimum absolute atomic E-state index is 0.544. The molecular weight excluding hydrogens is 248 g/mol. The second-order valence-corrected chi connectivity index (χ2v) is 4.96. The van der Waals surface area contributed by atoms with E-state index in [1.54, 1.807) is 0 Å². The Morgan fingerprint density at radius 2 is 2.05 bits per heavy atom. The SMILES string of the molecule is CCc1cccnc1Cn1c(N)nc2c(C)cccc21. The first-order valence-corrected chi connectivity index (χ1v) is 6.84. The number of benzene rings is 1. The van der Waals surface area contributed by atoms with E-state index in [4.69, 9.17) is 5.73 Å². The number of para-hydroxylation sites is 1. The lowest BCUT2D eigenvalue weighted by molar-refractivity contribution is 0.793. The van der Waals surface area contributed by atoms with Gasteiger partial charge in [0.15, 0.2) is 0 Å². The van der Waals surface area contributed by atoms with Crippen molar-refractivity contribution in [3.63, 3.8) is 0 Å². The Labute approximate surface area is 118 Å². The summed E-state index contributed by atoms with van der Waals surface area (Å²) in [4.78, 5) is 8.97. The van der Waals surface area contributed by atoms with E-state index in [1.165, 1.54) is 5.56 Å². The fraction of sp³-hybridized carbons (Fsp3) is 0.250. The summed E-state index contributed by atoms with van der Waals surface area (Å²) < 4.78 is 2.03. The van der Waals surface area contributed by atoms with Crippen molar-refractivity contribution in [3.8, 4) is 0 Å². The minimum Gasteiger partial charge on any atom is -0.369 e. The highest BCUT2D eigenvalue weighted by Crippen LogP contribution is 2.22. The summed E-state index contributed by atoms with van der Waals surface area (Å²) in [5.41, 5.74) is 11.6. The zero-order chi connectivity index (χ0) is 14.1. The topological polar surface area (TPSA) is 56.7 Å². The summed E-state index contributed by atoms with van der Waals surface area (Å²) >= 11 is 0. The maximum atomic E-state index is 6.09. The fourth-order valence-corrected chi connectivity index (χ4v) is 2.56. The molecule has 0 aliphatic carbocycles. The number of pyridine rings is 1. The highest BCUT2D eigenvalue weighted by molar-refractivity contribution is 5.81. The zero-order valence-corrected chi connectivity index (χ0v) is 11.8. The number of imidazole rings is 1. The Morgan fingerprint density at radius 3 is 2.85 bits per heavy atom. The van der Waals surface area contributed by atoms with Gasteiger partial charge in [0.2, 0.25) is 5.95 Å². The van der Waals surface area contributed by atoms with E-state index < -0.39 is 0 Å². The Morgan fingerprint density at radius 1 is 1.20 bits per heavy atom. The molecule has 3 rings (SSSR count). The molecule has 3 aromatic rings. The first-order chi connectivity index (χ1) is 9.70. The Balaban J connectivity index is 2.11. The van der Waals surface area contributed by atoms with E-state index in [-0.39, 0.29) is 0 Å². The number of nitrogens with zero attached hydrogens (tertiary/aromatic N) is 3. The van der Waals surface area contributed by atoms with Gasteiger partial charge in [-0.15, -0.1) is 0 Å². The number of anilines is 1. The molecule has 0 atom stereocenters. The van der Waals surface area contributed by atoms with Gasteiger partial charge in [-0.25, -0.2) is 4.98 Å². The summed E-state index contributed by atoms with van der Waals surface area (Å²) in [5, 5.41) is 0. The van der Waals surface area contributed by atoms with Gasteiger partial charge >= 0.3 is 0 Å². The molecule has 0 amide bonds. The monoisotopic (exact) mass is 266 g/mol. The standard InChI is InChI=1S/C16H18N4/c1-3-12-7-5-9-18-13(12)10-20-14-8-4-6-11(2)15(14)19-16(20)17/h4-9H,3,10H2,1-2H3,(H2,17,19). The van der Waals surface area contributed by atoms with E-state index in [1.807, 2.05) is 22.9 Å². The molecule has 0 aliphatic rings. The molecular formula is C16H18N4. The smallest absolute Gasteiger partial charge is 0.201 e. The van der Waals surface area contributed by atoms with Gasteiger partial charge in [0.25, 0.3) is 0 Å². The fourth-order valence-electron chi connectivity index (χ4n) is 2.56. The number of hydrogen-bond acceptors (Lipinski definition) is 3. The third-order valence-electron chi connectivity index (χ3n) is 3.68. The van der Waals surface area contributed by atoms with Crippen molar-refractivity contribution in [2.75, 3.05) is 5.73 Å². The molecule has 0 spiro atoms. The molecule has 4 heteroatoms. The summed E-state index contributed by atoms with van der Waals surface area (Å²) in [6.45, 7) is 4.85. The molecule has 0 fully saturated rings. The molecule has 0 radical (unpaired) electrons. The van der Waals surface area contributed by atoms with Crippen LogP contribution >= 0.6 is 0 Å². The van der Waals surface area contributed by atoms with Crippen molar-refractivity contribution >= 4 is 17.0 Å². The van der Waals surface area contributed by atoms with E-state index in [2.05, 4.69) is 42.0 Å². The summed E-state index contributed by atoms with van der Waals surface area (Å²) in [7, 11) is 0. The lowest BCUT2D eigenvalue weighted by Crippen LogP contribution is -2.08. The van der Waals surface area contributed by atoms with Crippen LogP contribution < -0.4 is 5.73 Å². The third-order valence-corrected chi connectivity index (χ3v) is 3.68. The van der Waals surface area contributed by atoms with Crippen molar-refractivity contribution in [2.24, 2.45) is 0 Å². The lowest BCUT2D eigenvalue weighted by atomic mass is 10.1. The number of nitrogen functional groups attached to an aromatic ring is 1. The van der Waals surface area contributed by atoms with E-state index in [0.717, 1.165) is 28.7 Å². The van der Waals surface area contributed by atoms with Crippen LogP contribution in [-0.2, 0) is 13.0 Å². The van der Waals surface area contributed by atoms with Crippen LogP contribution in [0.2, 0.25) is 0 Å². The van der Waals surface area contributed by atoms with Crippen LogP contribution in [0.15, 0.2) is 36.5 Å². The van der Waals surface area contributed by atoms with Crippen LogP contribution in [0.25, 0.3) is 11.0 Å². The van der Waals surface area contributed by atoms with Gasteiger partial charge in [0, 0.05) is 6.20 Å². The second kappa shape index (κ2) is 4.96. The molecule has 2 heterocycles. The number of rotatable bonds is 3. The summed E-state index contributed by atoms with van der Waals surface area (Å²) in [6, 6.07) is 10.2. The average molecular weight is 266 g/mol. The van der Waals surface area contributed by atoms with Crippen LogP contribution in [0, 0.1) is 6.92 Å². The highest BCUT2D eigenvalue weighted by Gasteiger charge is 2.11. The molecule has 0 aliphatic heterocycles. The van der Waals surface area contributed by atoms with Crippen LogP contribution in [0.4, 0.5) is 5.95 Å². The van der Waals surface area contributed by atoms with Crippen LogP contribution in [0.3, 0.4) is 0 Å². The molecule has 4 nitrogen and oxygen atoms in total. The first-order valence-electron chi connectivity index (χ1n) is 6.84. The van der Waals surface area contributed by atoms with Gasteiger partial charge in [-0.2, -0.15) is 0 Å². The van der Waals surface area contributed by atoms with Gasteiger partial charge < -0.3 is 10.3 Å². The predicted octanol–water partition coefficient (Wildman–Crippen LogP) is 2.93. The van der Waals surface area contributed by atoms with Crippen LogP contribution in [0.5, 0.6) is 0 Å². The maximum Gasteiger partial charge on any atom is 0.201 e. The predicted molar refractivity (Wildman–Crippen MR) is 81.6 cm³/mol. The molecule has 2 aromatic heterocycles. The van der Waals surface area contributed by atoms with Crippen molar-refractivity contribution in [1.29, 1.82) is 0 Å². The van der Waals surface area contributed by atoms with Crippen molar-refractivity contribution in [1.82, 2.24) is 14.5 Å².